The molecular formula is C10H12N4O4. The van der Waals surface area contributed by atoms with E-state index in [1.165, 1.54) is 12.3 Å². The van der Waals surface area contributed by atoms with Gasteiger partial charge in [0.05, 0.1) is 12.7 Å². The van der Waals surface area contributed by atoms with Crippen molar-refractivity contribution < 1.29 is 14.9 Å². The number of aliphatic hydroxyl groups excluding tert-OH is 2. The molecule has 96 valence electrons. The molecule has 0 unspecified atom stereocenters. The second-order valence-electron chi connectivity index (χ2n) is 3.99. The van der Waals surface area contributed by atoms with Gasteiger partial charge in [0.2, 0.25) is 0 Å². The zero-order valence-corrected chi connectivity index (χ0v) is 9.35. The summed E-state index contributed by atoms with van der Waals surface area (Å²) in [4.78, 5) is 15.2. The minimum Gasteiger partial charge on any atom is -0.394 e. The third-order valence-corrected chi connectivity index (χ3v) is 2.83. The van der Waals surface area contributed by atoms with Crippen LogP contribution in [-0.2, 0) is 10.5 Å². The number of nitrogen functional groups attached to an aromatic ring is 1. The van der Waals surface area contributed by atoms with Crippen molar-refractivity contribution in [3.8, 4) is 6.07 Å². The van der Waals surface area contributed by atoms with Crippen molar-refractivity contribution in [2.24, 2.45) is 0 Å². The topological polar surface area (TPSA) is 134 Å². The molecule has 2 rings (SSSR count). The molecule has 3 atom stereocenters. The SMILES string of the molecule is N#C[C@@]1(n2ccc(N)nc2=O)O[C@H](CO)C[C@H]1O. The Kier molecular flexibility index (Phi) is 3.04. The molecule has 0 saturated carbocycles. The number of nitriles is 1. The van der Waals surface area contributed by atoms with Gasteiger partial charge < -0.3 is 20.7 Å². The molecule has 1 aromatic heterocycles. The molecule has 1 aliphatic rings. The number of aromatic nitrogens is 2. The van der Waals surface area contributed by atoms with Gasteiger partial charge in [0, 0.05) is 12.6 Å². The average molecular weight is 252 g/mol. The first-order chi connectivity index (χ1) is 8.53. The van der Waals surface area contributed by atoms with Crippen LogP contribution in [0.3, 0.4) is 0 Å². The van der Waals surface area contributed by atoms with Gasteiger partial charge in [-0.3, -0.25) is 4.57 Å². The fraction of sp³-hybridized carbons (Fsp3) is 0.500. The van der Waals surface area contributed by atoms with Gasteiger partial charge in [-0.05, 0) is 6.07 Å². The van der Waals surface area contributed by atoms with Gasteiger partial charge >= 0.3 is 5.69 Å². The summed E-state index contributed by atoms with van der Waals surface area (Å²) < 4.78 is 6.17. The van der Waals surface area contributed by atoms with Crippen LogP contribution in [0.25, 0.3) is 0 Å². The number of aliphatic hydroxyl groups is 2. The highest BCUT2D eigenvalue weighted by Crippen LogP contribution is 2.33. The molecule has 8 nitrogen and oxygen atoms in total. The Balaban J connectivity index is 2.52. The summed E-state index contributed by atoms with van der Waals surface area (Å²) in [6.45, 7) is -0.350. The van der Waals surface area contributed by atoms with Gasteiger partial charge in [-0.25, -0.2) is 4.79 Å². The van der Waals surface area contributed by atoms with Crippen LogP contribution in [-0.4, -0.2) is 38.6 Å². The van der Waals surface area contributed by atoms with Crippen molar-refractivity contribution in [3.63, 3.8) is 0 Å². The predicted molar refractivity (Wildman–Crippen MR) is 59.1 cm³/mol. The Morgan fingerprint density at radius 1 is 1.78 bits per heavy atom. The van der Waals surface area contributed by atoms with Crippen LogP contribution < -0.4 is 11.4 Å². The summed E-state index contributed by atoms with van der Waals surface area (Å²) in [6.07, 6.45) is -0.649. The summed E-state index contributed by atoms with van der Waals surface area (Å²) in [5.74, 6) is 0.00975. The Labute approximate surface area is 102 Å². The highest BCUT2D eigenvalue weighted by atomic mass is 16.6. The molecule has 0 aromatic carbocycles. The van der Waals surface area contributed by atoms with E-state index in [-0.39, 0.29) is 18.8 Å². The second kappa shape index (κ2) is 4.38. The number of rotatable bonds is 2. The van der Waals surface area contributed by atoms with Crippen LogP contribution in [0.15, 0.2) is 17.1 Å². The van der Waals surface area contributed by atoms with E-state index in [0.717, 1.165) is 4.57 Å². The molecule has 4 N–H and O–H groups in total. The highest BCUT2D eigenvalue weighted by Gasteiger charge is 2.51. The van der Waals surface area contributed by atoms with Crippen LogP contribution in [0, 0.1) is 11.3 Å². The summed E-state index contributed by atoms with van der Waals surface area (Å²) >= 11 is 0. The molecular weight excluding hydrogens is 240 g/mol. The van der Waals surface area contributed by atoms with E-state index in [0.29, 0.717) is 0 Å². The maximum atomic E-state index is 11.7. The number of nitrogens with two attached hydrogens (primary N) is 1. The molecule has 1 fully saturated rings. The minimum atomic E-state index is -1.87. The molecule has 1 aliphatic heterocycles. The number of nitrogens with zero attached hydrogens (tertiary/aromatic N) is 3. The fourth-order valence-corrected chi connectivity index (χ4v) is 1.94. The van der Waals surface area contributed by atoms with Crippen LogP contribution in [0.2, 0.25) is 0 Å². The van der Waals surface area contributed by atoms with Gasteiger partial charge in [0.1, 0.15) is 18.0 Å². The van der Waals surface area contributed by atoms with E-state index in [1.54, 1.807) is 6.07 Å². The van der Waals surface area contributed by atoms with E-state index in [1.807, 2.05) is 0 Å². The molecule has 18 heavy (non-hydrogen) atoms. The van der Waals surface area contributed by atoms with E-state index in [9.17, 15) is 15.2 Å². The second-order valence-corrected chi connectivity index (χ2v) is 3.99. The van der Waals surface area contributed by atoms with E-state index in [2.05, 4.69) is 4.98 Å². The van der Waals surface area contributed by atoms with E-state index >= 15 is 0 Å². The van der Waals surface area contributed by atoms with Crippen LogP contribution in [0.4, 0.5) is 5.82 Å². The van der Waals surface area contributed by atoms with Gasteiger partial charge in [-0.1, -0.05) is 0 Å². The maximum Gasteiger partial charge on any atom is 0.352 e. The molecule has 1 aromatic rings. The van der Waals surface area contributed by atoms with E-state index in [4.69, 9.17) is 15.6 Å². The Bertz CT molecular complexity index is 552. The van der Waals surface area contributed by atoms with E-state index < -0.39 is 23.6 Å². The molecule has 0 amide bonds. The molecule has 1 saturated heterocycles. The molecule has 8 heteroatoms. The summed E-state index contributed by atoms with van der Waals surface area (Å²) in [7, 11) is 0. The average Bonchev–Trinajstić information content (AvgIpc) is 2.67. The van der Waals surface area contributed by atoms with Gasteiger partial charge in [-0.2, -0.15) is 10.2 Å². The largest absolute Gasteiger partial charge is 0.394 e. The van der Waals surface area contributed by atoms with Crippen LogP contribution >= 0.6 is 0 Å². The predicted octanol–water partition coefficient (Wildman–Crippen LogP) is -1.86. The summed E-state index contributed by atoms with van der Waals surface area (Å²) in [5.41, 5.74) is 2.68. The lowest BCUT2D eigenvalue weighted by Crippen LogP contribution is -2.47. The van der Waals surface area contributed by atoms with Crippen LogP contribution in [0.1, 0.15) is 6.42 Å². The maximum absolute atomic E-state index is 11.7. The lowest BCUT2D eigenvalue weighted by Gasteiger charge is -2.26. The Morgan fingerprint density at radius 2 is 2.50 bits per heavy atom. The molecule has 0 bridgehead atoms. The Hall–Kier alpha value is -1.95. The van der Waals surface area contributed by atoms with Crippen molar-refractivity contribution in [1.82, 2.24) is 9.55 Å². The molecule has 0 radical (unpaired) electrons. The standard InChI is InChI=1S/C10H12N4O4/c11-5-10(7(16)3-6(4-15)18-10)14-2-1-8(12)13-9(14)17/h1-2,6-7,15-16H,3-4H2,(H2,12,13,17)/t6-,7+,10+/m0/s1. The van der Waals surface area contributed by atoms with Gasteiger partial charge in [-0.15, -0.1) is 0 Å². The lowest BCUT2D eigenvalue weighted by atomic mass is 10.1. The zero-order chi connectivity index (χ0) is 13.3. The Morgan fingerprint density at radius 3 is 3.00 bits per heavy atom. The summed E-state index contributed by atoms with van der Waals surface area (Å²) in [6, 6.07) is 3.09. The van der Waals surface area contributed by atoms with Crippen molar-refractivity contribution in [1.29, 1.82) is 5.26 Å². The fourth-order valence-electron chi connectivity index (χ4n) is 1.94. The first kappa shape index (κ1) is 12.5. The highest BCUT2D eigenvalue weighted by molar-refractivity contribution is 5.25. The lowest BCUT2D eigenvalue weighted by molar-refractivity contribution is -0.109. The monoisotopic (exact) mass is 252 g/mol. The molecule has 0 spiro atoms. The number of hydrogen-bond donors (Lipinski definition) is 3. The normalized spacial score (nSPS) is 31.2. The molecule has 2 heterocycles. The first-order valence-electron chi connectivity index (χ1n) is 5.27. The smallest absolute Gasteiger partial charge is 0.352 e. The quantitative estimate of drug-likeness (QED) is 0.562. The van der Waals surface area contributed by atoms with Gasteiger partial charge in [0.25, 0.3) is 5.72 Å². The number of anilines is 1. The minimum absolute atomic E-state index is 0.00975. The third kappa shape index (κ3) is 1.74. The molecule has 0 aliphatic carbocycles. The summed E-state index contributed by atoms with van der Waals surface area (Å²) in [5, 5.41) is 28.1. The van der Waals surface area contributed by atoms with Gasteiger partial charge in [0.15, 0.2) is 0 Å². The number of hydrogen-bond acceptors (Lipinski definition) is 7. The van der Waals surface area contributed by atoms with Crippen molar-refractivity contribution in [2.75, 3.05) is 12.3 Å². The number of ether oxygens (including phenoxy) is 1. The first-order valence-corrected chi connectivity index (χ1v) is 5.27. The van der Waals surface area contributed by atoms with Crippen molar-refractivity contribution in [3.05, 3.63) is 22.7 Å². The van der Waals surface area contributed by atoms with Crippen molar-refractivity contribution >= 4 is 5.82 Å². The van der Waals surface area contributed by atoms with Crippen molar-refractivity contribution in [2.45, 2.75) is 24.4 Å². The zero-order valence-electron chi connectivity index (χ0n) is 9.35. The third-order valence-electron chi connectivity index (χ3n) is 2.83. The van der Waals surface area contributed by atoms with Crippen LogP contribution in [0.5, 0.6) is 0 Å².